The Labute approximate surface area is 332 Å². The van der Waals surface area contributed by atoms with Crippen molar-refractivity contribution >= 4 is 34.1 Å². The number of aliphatic imine (C=N–C) groups is 1. The van der Waals surface area contributed by atoms with Gasteiger partial charge in [0.2, 0.25) is 0 Å². The van der Waals surface area contributed by atoms with Crippen LogP contribution in [0, 0.1) is 22.7 Å². The molecule has 4 aromatic rings. The van der Waals surface area contributed by atoms with E-state index in [0.717, 1.165) is 49.3 Å². The van der Waals surface area contributed by atoms with E-state index in [0.29, 0.717) is 5.92 Å². The molecule has 3 aromatic carbocycles. The van der Waals surface area contributed by atoms with Gasteiger partial charge in [-0.05, 0) is 98.3 Å². The van der Waals surface area contributed by atoms with E-state index in [2.05, 4.69) is 184 Å². The summed E-state index contributed by atoms with van der Waals surface area (Å²) < 4.78 is 6.80. The van der Waals surface area contributed by atoms with E-state index < -0.39 is 0 Å². The smallest absolute Gasteiger partial charge is 0.136 e. The van der Waals surface area contributed by atoms with Crippen molar-refractivity contribution in [1.29, 1.82) is 0 Å². The molecule has 56 heavy (non-hydrogen) atoms. The molecule has 0 saturated heterocycles. The number of nitrogens with zero attached hydrogens (tertiary/aromatic N) is 2. The lowest BCUT2D eigenvalue weighted by Gasteiger charge is -2.60. The Balaban J connectivity index is 1.10. The maximum absolute atomic E-state index is 6.80. The second-order valence-electron chi connectivity index (χ2n) is 17.0. The Morgan fingerprint density at radius 1 is 0.857 bits per heavy atom. The zero-order chi connectivity index (χ0) is 38.0. The van der Waals surface area contributed by atoms with Gasteiger partial charge in [0.1, 0.15) is 17.2 Å². The molecule has 6 aliphatic rings. The highest BCUT2D eigenvalue weighted by Crippen LogP contribution is 2.70. The molecule has 3 nitrogen and oxygen atoms in total. The van der Waals surface area contributed by atoms with Crippen molar-refractivity contribution in [2.75, 3.05) is 4.90 Å². The van der Waals surface area contributed by atoms with Crippen LogP contribution in [0.2, 0.25) is 0 Å². The molecule has 1 aromatic heterocycles. The van der Waals surface area contributed by atoms with Crippen LogP contribution in [0.1, 0.15) is 88.2 Å². The van der Waals surface area contributed by atoms with Crippen LogP contribution in [0.3, 0.4) is 0 Å². The monoisotopic (exact) mass is 732 g/mol. The van der Waals surface area contributed by atoms with Crippen LogP contribution in [0.25, 0.3) is 22.6 Å². The average Bonchev–Trinajstić information content (AvgIpc) is 3.79. The molecule has 2 bridgehead atoms. The molecule has 0 N–H and O–H groups in total. The molecule has 2 heterocycles. The first-order chi connectivity index (χ1) is 27.4. The van der Waals surface area contributed by atoms with Gasteiger partial charge in [-0.15, -0.1) is 0 Å². The number of para-hydroxylation sites is 1. The molecular weight excluding hydrogens is 681 g/mol. The first-order valence-electron chi connectivity index (χ1n) is 20.9. The SMILES string of the molecule is CC=C1C(=CC)C2(C3=CC=CCC3CC=CC(c3ccc(N4C(c5ccccc5)=NC5CCC=CC54)cc3)=CC2C)C2(C)C=Cc3c(oc4ccccc34)C1C2. The third kappa shape index (κ3) is 5.19. The first-order valence-corrected chi connectivity index (χ1v) is 20.9. The number of furan rings is 1. The normalized spacial score (nSPS) is 32.0. The molecule has 1 saturated carbocycles. The Bertz CT molecular complexity index is 2480. The van der Waals surface area contributed by atoms with Crippen LogP contribution in [-0.2, 0) is 0 Å². The van der Waals surface area contributed by atoms with Crippen LogP contribution >= 0.6 is 0 Å². The third-order valence-electron chi connectivity index (χ3n) is 14.1. The highest BCUT2D eigenvalue weighted by Gasteiger charge is 2.61. The lowest BCUT2D eigenvalue weighted by Crippen LogP contribution is -2.52. The molecule has 3 heteroatoms. The van der Waals surface area contributed by atoms with E-state index in [1.54, 1.807) is 5.57 Å². The van der Waals surface area contributed by atoms with Gasteiger partial charge in [0.25, 0.3) is 0 Å². The number of anilines is 1. The zero-order valence-corrected chi connectivity index (χ0v) is 33.2. The van der Waals surface area contributed by atoms with Gasteiger partial charge < -0.3 is 9.32 Å². The van der Waals surface area contributed by atoms with Crippen LogP contribution < -0.4 is 4.90 Å². The van der Waals surface area contributed by atoms with Gasteiger partial charge in [-0.25, -0.2) is 0 Å². The number of benzene rings is 3. The summed E-state index contributed by atoms with van der Waals surface area (Å²) in [6.07, 6.45) is 34.5. The number of allylic oxidation sites excluding steroid dienone is 14. The molecule has 7 unspecified atom stereocenters. The molecule has 5 aliphatic carbocycles. The Morgan fingerprint density at radius 2 is 1.66 bits per heavy atom. The van der Waals surface area contributed by atoms with E-state index in [4.69, 9.17) is 9.41 Å². The van der Waals surface area contributed by atoms with Crippen LogP contribution in [0.4, 0.5) is 5.69 Å². The van der Waals surface area contributed by atoms with Crippen molar-refractivity contribution in [3.8, 4) is 0 Å². The van der Waals surface area contributed by atoms with E-state index in [9.17, 15) is 0 Å². The maximum Gasteiger partial charge on any atom is 0.136 e. The van der Waals surface area contributed by atoms with E-state index >= 15 is 0 Å². The number of rotatable bonds is 3. The van der Waals surface area contributed by atoms with Crippen molar-refractivity contribution in [2.24, 2.45) is 27.7 Å². The number of hydrogen-bond acceptors (Lipinski definition) is 3. The van der Waals surface area contributed by atoms with Crippen LogP contribution in [-0.4, -0.2) is 17.9 Å². The minimum atomic E-state index is -0.262. The van der Waals surface area contributed by atoms with Gasteiger partial charge in [0, 0.05) is 38.9 Å². The summed E-state index contributed by atoms with van der Waals surface area (Å²) in [7, 11) is 0. The number of amidine groups is 1. The molecule has 1 aliphatic heterocycles. The summed E-state index contributed by atoms with van der Waals surface area (Å²) >= 11 is 0. The topological polar surface area (TPSA) is 28.7 Å². The lowest BCUT2D eigenvalue weighted by atomic mass is 9.43. The molecular formula is C53H52N2O. The Kier molecular flexibility index (Phi) is 8.54. The van der Waals surface area contributed by atoms with Crippen molar-refractivity contribution in [3.63, 3.8) is 0 Å². The summed E-state index contributed by atoms with van der Waals surface area (Å²) in [4.78, 5) is 7.77. The fourth-order valence-electron chi connectivity index (χ4n) is 11.7. The minimum absolute atomic E-state index is 0.174. The summed E-state index contributed by atoms with van der Waals surface area (Å²) in [5.41, 5.74) is 11.2. The molecule has 10 rings (SSSR count). The van der Waals surface area contributed by atoms with Gasteiger partial charge in [0.05, 0.1) is 12.1 Å². The predicted octanol–water partition coefficient (Wildman–Crippen LogP) is 13.4. The van der Waals surface area contributed by atoms with Gasteiger partial charge in [-0.2, -0.15) is 0 Å². The fourth-order valence-corrected chi connectivity index (χ4v) is 11.7. The van der Waals surface area contributed by atoms with Gasteiger partial charge in [-0.1, -0.05) is 153 Å². The van der Waals surface area contributed by atoms with Gasteiger partial charge >= 0.3 is 0 Å². The molecule has 0 amide bonds. The van der Waals surface area contributed by atoms with Crippen molar-refractivity contribution < 1.29 is 4.42 Å². The Morgan fingerprint density at radius 3 is 2.48 bits per heavy atom. The third-order valence-corrected chi connectivity index (χ3v) is 14.1. The zero-order valence-electron chi connectivity index (χ0n) is 33.2. The fraction of sp³-hybridized carbons (Fsp3) is 0.302. The molecule has 1 spiro atoms. The number of fused-ring (bicyclic) bond motifs is 10. The lowest BCUT2D eigenvalue weighted by molar-refractivity contribution is 0.0925. The minimum Gasteiger partial charge on any atom is -0.460 e. The summed E-state index contributed by atoms with van der Waals surface area (Å²) in [5.74, 6) is 2.99. The molecule has 7 atom stereocenters. The standard InChI is InChI=1S/C53H52N2O/c1-5-41-44-34-52(4,32-31-43-42-22-11-15-26-49(42)56-50(43)44)53(45(41)6-2)35(3)33-39(21-16-20-37-17-10-12-23-46(37)53)36-27-29-40(30-28-36)55-48-25-14-13-24-47(48)54-51(55)38-18-8-7-9-19-38/h5-12,14-16,18-19,21-23,25-33,35,37,44,47-48H,13,17,20,24,34H2,1-4H3. The van der Waals surface area contributed by atoms with E-state index in [-0.39, 0.29) is 34.7 Å². The summed E-state index contributed by atoms with van der Waals surface area (Å²) in [5, 5.41) is 1.21. The van der Waals surface area contributed by atoms with Gasteiger partial charge in [0.15, 0.2) is 0 Å². The van der Waals surface area contributed by atoms with Crippen LogP contribution in [0.5, 0.6) is 0 Å². The van der Waals surface area contributed by atoms with E-state index in [1.165, 1.54) is 44.5 Å². The highest BCUT2D eigenvalue weighted by atomic mass is 16.3. The largest absolute Gasteiger partial charge is 0.460 e. The second kappa shape index (κ2) is 13.7. The van der Waals surface area contributed by atoms with Gasteiger partial charge in [-0.3, -0.25) is 4.99 Å². The first kappa shape index (κ1) is 35.0. The average molecular weight is 733 g/mol. The summed E-state index contributed by atoms with van der Waals surface area (Å²) in [6.45, 7) is 9.57. The molecule has 0 radical (unpaired) electrons. The van der Waals surface area contributed by atoms with Crippen molar-refractivity contribution in [2.45, 2.75) is 77.8 Å². The number of hydrogen-bond donors (Lipinski definition) is 0. The van der Waals surface area contributed by atoms with Crippen LogP contribution in [0.15, 0.2) is 172 Å². The van der Waals surface area contributed by atoms with Crippen molar-refractivity contribution in [1.82, 2.24) is 0 Å². The molecule has 1 fully saturated rings. The second-order valence-corrected chi connectivity index (χ2v) is 17.0. The highest BCUT2D eigenvalue weighted by molar-refractivity contribution is 6.12. The molecule has 280 valence electrons. The van der Waals surface area contributed by atoms with E-state index in [1.807, 2.05) is 0 Å². The summed E-state index contributed by atoms with van der Waals surface area (Å²) in [6, 6.07) is 29.2. The Hall–Kier alpha value is -5.41. The maximum atomic E-state index is 6.80. The quantitative estimate of drug-likeness (QED) is 0.196. The van der Waals surface area contributed by atoms with Crippen molar-refractivity contribution in [3.05, 3.63) is 185 Å². The predicted molar refractivity (Wildman–Crippen MR) is 235 cm³/mol.